The van der Waals surface area contributed by atoms with Crippen molar-refractivity contribution in [3.05, 3.63) is 11.1 Å². The van der Waals surface area contributed by atoms with Crippen LogP contribution in [0.25, 0.3) is 0 Å². The molecule has 0 radical (unpaired) electrons. The third kappa shape index (κ3) is 11.4. The minimum Gasteiger partial charge on any atom is -0.464 e. The first kappa shape index (κ1) is 30.1. The predicted octanol–water partition coefficient (Wildman–Crippen LogP) is 4.67. The molecule has 0 aliphatic heterocycles. The number of hydrogen-bond donors (Lipinski definition) is 1. The first-order valence-electron chi connectivity index (χ1n) is 11.1. The standard InChI is InChI=1S/C23H37N3O8S/c1-11-31-17(28)16(14-13-35-18(24-14)25-19(29)33-22(5,6)7)26(20(30)34-23(8,9)10)12-15(27)32-21(2,3)4/h13,16H,11-12H2,1-10H3,(H,24,25,29). The van der Waals surface area contributed by atoms with E-state index in [1.807, 2.05) is 0 Å². The number of rotatable bonds is 7. The number of ether oxygens (including phenoxy) is 4. The van der Waals surface area contributed by atoms with Crippen LogP contribution in [0, 0.1) is 0 Å². The molecule has 1 aromatic rings. The van der Waals surface area contributed by atoms with Gasteiger partial charge in [0.15, 0.2) is 11.2 Å². The molecule has 0 aliphatic rings. The number of anilines is 1. The van der Waals surface area contributed by atoms with Crippen LogP contribution < -0.4 is 5.32 Å². The van der Waals surface area contributed by atoms with Crippen LogP contribution in [0.5, 0.6) is 0 Å². The zero-order valence-corrected chi connectivity index (χ0v) is 23.0. The van der Waals surface area contributed by atoms with Gasteiger partial charge in [-0.05, 0) is 69.2 Å². The molecule has 198 valence electrons. The Balaban J connectivity index is 3.37. The van der Waals surface area contributed by atoms with Gasteiger partial charge in [0, 0.05) is 5.38 Å². The molecule has 11 nitrogen and oxygen atoms in total. The summed E-state index contributed by atoms with van der Waals surface area (Å²) < 4.78 is 21.2. The van der Waals surface area contributed by atoms with Crippen molar-refractivity contribution in [3.8, 4) is 0 Å². The van der Waals surface area contributed by atoms with Crippen molar-refractivity contribution in [1.29, 1.82) is 0 Å². The van der Waals surface area contributed by atoms with E-state index in [1.165, 1.54) is 5.38 Å². The molecular weight excluding hydrogens is 478 g/mol. The normalized spacial score (nSPS) is 12.9. The predicted molar refractivity (Wildman–Crippen MR) is 130 cm³/mol. The Kier molecular flexibility index (Phi) is 10.1. The van der Waals surface area contributed by atoms with Crippen molar-refractivity contribution in [2.75, 3.05) is 18.5 Å². The summed E-state index contributed by atoms with van der Waals surface area (Å²) in [5.74, 6) is -1.57. The fraction of sp³-hybridized carbons (Fsp3) is 0.696. The number of nitrogens with one attached hydrogen (secondary N) is 1. The number of amides is 2. The Morgan fingerprint density at radius 1 is 0.943 bits per heavy atom. The third-order valence-corrected chi connectivity index (χ3v) is 4.35. The van der Waals surface area contributed by atoms with Crippen LogP contribution in [-0.2, 0) is 28.5 Å². The molecule has 0 aromatic carbocycles. The minimum absolute atomic E-state index is 0.0249. The summed E-state index contributed by atoms with van der Waals surface area (Å²) in [6.45, 7) is 16.2. The van der Waals surface area contributed by atoms with Crippen LogP contribution in [0.4, 0.5) is 14.7 Å². The van der Waals surface area contributed by atoms with Gasteiger partial charge in [-0.3, -0.25) is 15.0 Å². The Morgan fingerprint density at radius 3 is 1.97 bits per heavy atom. The van der Waals surface area contributed by atoms with Crippen molar-refractivity contribution in [3.63, 3.8) is 0 Å². The topological polar surface area (TPSA) is 133 Å². The smallest absolute Gasteiger partial charge is 0.413 e. The Bertz CT molecular complexity index is 909. The molecule has 1 unspecified atom stereocenters. The van der Waals surface area contributed by atoms with Gasteiger partial charge >= 0.3 is 24.1 Å². The van der Waals surface area contributed by atoms with Crippen molar-refractivity contribution in [2.45, 2.75) is 92.1 Å². The third-order valence-electron chi connectivity index (χ3n) is 3.58. The van der Waals surface area contributed by atoms with Crippen LogP contribution in [-0.4, -0.2) is 64.0 Å². The molecule has 0 saturated carbocycles. The fourth-order valence-electron chi connectivity index (χ4n) is 2.58. The van der Waals surface area contributed by atoms with E-state index in [-0.39, 0.29) is 17.4 Å². The molecule has 0 fully saturated rings. The summed E-state index contributed by atoms with van der Waals surface area (Å²) >= 11 is 1.01. The highest BCUT2D eigenvalue weighted by Gasteiger charge is 2.39. The van der Waals surface area contributed by atoms with Gasteiger partial charge in [0.05, 0.1) is 12.3 Å². The number of aromatic nitrogens is 1. The lowest BCUT2D eigenvalue weighted by molar-refractivity contribution is -0.159. The summed E-state index contributed by atoms with van der Waals surface area (Å²) in [6.07, 6.45) is -1.67. The van der Waals surface area contributed by atoms with Crippen molar-refractivity contribution in [2.24, 2.45) is 0 Å². The molecule has 12 heteroatoms. The van der Waals surface area contributed by atoms with Gasteiger partial charge in [-0.15, -0.1) is 11.3 Å². The van der Waals surface area contributed by atoms with Crippen LogP contribution >= 0.6 is 11.3 Å². The maximum Gasteiger partial charge on any atom is 0.413 e. The largest absolute Gasteiger partial charge is 0.464 e. The number of esters is 2. The SMILES string of the molecule is CCOC(=O)C(c1csc(NC(=O)OC(C)(C)C)n1)N(CC(=O)OC(C)(C)C)C(=O)OC(C)(C)C. The second-order valence-corrected chi connectivity index (χ2v) is 11.4. The highest BCUT2D eigenvalue weighted by Crippen LogP contribution is 2.29. The molecule has 1 aromatic heterocycles. The van der Waals surface area contributed by atoms with Gasteiger partial charge in [-0.25, -0.2) is 19.4 Å². The highest BCUT2D eigenvalue weighted by molar-refractivity contribution is 7.13. The van der Waals surface area contributed by atoms with Gasteiger partial charge in [0.2, 0.25) is 0 Å². The molecule has 1 heterocycles. The second-order valence-electron chi connectivity index (χ2n) is 10.6. The lowest BCUT2D eigenvalue weighted by Crippen LogP contribution is -2.46. The van der Waals surface area contributed by atoms with E-state index in [9.17, 15) is 19.2 Å². The van der Waals surface area contributed by atoms with E-state index < -0.39 is 53.5 Å². The maximum atomic E-state index is 13.1. The lowest BCUT2D eigenvalue weighted by atomic mass is 10.1. The average Bonchev–Trinajstić information content (AvgIpc) is 3.04. The molecule has 1 atom stereocenters. The number of nitrogens with zero attached hydrogens (tertiary/aromatic N) is 2. The van der Waals surface area contributed by atoms with E-state index in [0.717, 1.165) is 16.2 Å². The van der Waals surface area contributed by atoms with Crippen LogP contribution in [0.2, 0.25) is 0 Å². The fourth-order valence-corrected chi connectivity index (χ4v) is 3.30. The number of carbonyl (C=O) groups excluding carboxylic acids is 4. The summed E-state index contributed by atoms with van der Waals surface area (Å²) in [5, 5.41) is 4.09. The minimum atomic E-state index is -1.43. The maximum absolute atomic E-state index is 13.1. The van der Waals surface area contributed by atoms with E-state index in [0.29, 0.717) is 0 Å². The highest BCUT2D eigenvalue weighted by atomic mass is 32.1. The van der Waals surface area contributed by atoms with Gasteiger partial charge in [0.1, 0.15) is 23.3 Å². The summed E-state index contributed by atoms with van der Waals surface area (Å²) in [5.41, 5.74) is -2.37. The zero-order chi connectivity index (χ0) is 27.2. The van der Waals surface area contributed by atoms with Crippen molar-refractivity contribution in [1.82, 2.24) is 9.88 Å². The lowest BCUT2D eigenvalue weighted by Gasteiger charge is -2.31. The van der Waals surface area contributed by atoms with Gasteiger partial charge in [-0.2, -0.15) is 0 Å². The first-order valence-corrected chi connectivity index (χ1v) is 12.0. The molecule has 0 bridgehead atoms. The monoisotopic (exact) mass is 515 g/mol. The Morgan fingerprint density at radius 2 is 1.49 bits per heavy atom. The summed E-state index contributed by atoms with van der Waals surface area (Å²) in [4.78, 5) is 56.0. The van der Waals surface area contributed by atoms with E-state index in [1.54, 1.807) is 69.2 Å². The quantitative estimate of drug-likeness (QED) is 0.406. The van der Waals surface area contributed by atoms with Crippen molar-refractivity contribution >= 4 is 40.6 Å². The molecule has 1 N–H and O–H groups in total. The zero-order valence-electron chi connectivity index (χ0n) is 22.1. The summed E-state index contributed by atoms with van der Waals surface area (Å²) in [6, 6.07) is -1.43. The second kappa shape index (κ2) is 11.7. The molecule has 35 heavy (non-hydrogen) atoms. The summed E-state index contributed by atoms with van der Waals surface area (Å²) in [7, 11) is 0. The Hall–Kier alpha value is -2.89. The van der Waals surface area contributed by atoms with Crippen LogP contribution in [0.1, 0.15) is 81.0 Å². The molecule has 1 rings (SSSR count). The number of carbonyl (C=O) groups is 4. The number of thiazole rings is 1. The van der Waals surface area contributed by atoms with Gasteiger partial charge in [-0.1, -0.05) is 0 Å². The van der Waals surface area contributed by atoms with Gasteiger partial charge < -0.3 is 18.9 Å². The van der Waals surface area contributed by atoms with Gasteiger partial charge in [0.25, 0.3) is 0 Å². The Labute approximate surface area is 210 Å². The molecule has 0 spiro atoms. The van der Waals surface area contributed by atoms with E-state index in [2.05, 4.69) is 10.3 Å². The van der Waals surface area contributed by atoms with Crippen molar-refractivity contribution < 1.29 is 38.1 Å². The molecule has 2 amide bonds. The first-order chi connectivity index (χ1) is 15.8. The van der Waals surface area contributed by atoms with Crippen LogP contribution in [0.15, 0.2) is 5.38 Å². The molecule has 0 saturated heterocycles. The van der Waals surface area contributed by atoms with E-state index in [4.69, 9.17) is 18.9 Å². The molecular formula is C23H37N3O8S. The molecule has 0 aliphatic carbocycles. The van der Waals surface area contributed by atoms with Crippen LogP contribution in [0.3, 0.4) is 0 Å². The average molecular weight is 516 g/mol. The number of hydrogen-bond acceptors (Lipinski definition) is 10. The van der Waals surface area contributed by atoms with E-state index >= 15 is 0 Å².